The number of para-hydroxylation sites is 1. The molecule has 5 aromatic rings. The number of amides is 1. The van der Waals surface area contributed by atoms with Gasteiger partial charge in [0.2, 0.25) is 0 Å². The van der Waals surface area contributed by atoms with Crippen LogP contribution in [0, 0.1) is 0 Å². The molecule has 0 atom stereocenters. The number of carbonyl (C=O) groups excluding carboxylic acids is 1. The molecule has 5 aromatic carbocycles. The summed E-state index contributed by atoms with van der Waals surface area (Å²) in [6, 6.07) is 40.0. The molecule has 1 aliphatic heterocycles. The summed E-state index contributed by atoms with van der Waals surface area (Å²) in [5.41, 5.74) is 13.1. The second kappa shape index (κ2) is 11.4. The molecular weight excluding hydrogens is 514 g/mol. The minimum absolute atomic E-state index is 0.245. The van der Waals surface area contributed by atoms with Crippen molar-refractivity contribution in [3.63, 3.8) is 0 Å². The van der Waals surface area contributed by atoms with E-state index in [1.54, 1.807) is 23.9 Å². The summed E-state index contributed by atoms with van der Waals surface area (Å²) in [6.07, 6.45) is 0. The van der Waals surface area contributed by atoms with Crippen LogP contribution in [0.15, 0.2) is 138 Å². The Labute approximate surface area is 237 Å². The first-order valence-corrected chi connectivity index (χ1v) is 13.7. The molecule has 5 nitrogen and oxygen atoms in total. The van der Waals surface area contributed by atoms with Gasteiger partial charge < -0.3 is 10.1 Å². The summed E-state index contributed by atoms with van der Waals surface area (Å²) in [7, 11) is 0. The number of carbonyl (C=O) groups is 1. The quantitative estimate of drug-likeness (QED) is 0.170. The highest BCUT2D eigenvalue weighted by Gasteiger charge is 2.16. The van der Waals surface area contributed by atoms with E-state index in [1.165, 1.54) is 10.5 Å². The number of nitrogens with one attached hydrogen (secondary N) is 3. The van der Waals surface area contributed by atoms with Gasteiger partial charge in [0.25, 0.3) is 5.91 Å². The standard InChI is InChI=1S/C34H27N3O2S/c1-23(28-17-20-33-31(21-28)35-30-9-5-6-10-32(30)40-33)36-37-34(38)27-13-11-24(12-14-27)22-39-29-18-15-26(16-19-29)25-7-3-2-4-8-25/h2-21,35-36H,1,22H2,(H,37,38). The van der Waals surface area contributed by atoms with Gasteiger partial charge in [-0.05, 0) is 65.2 Å². The molecule has 0 saturated carbocycles. The molecule has 40 heavy (non-hydrogen) atoms. The molecule has 1 aliphatic rings. The number of ether oxygens (including phenoxy) is 1. The van der Waals surface area contributed by atoms with E-state index in [1.807, 2.05) is 66.7 Å². The lowest BCUT2D eigenvalue weighted by atomic mass is 10.1. The van der Waals surface area contributed by atoms with Crippen LogP contribution in [0.4, 0.5) is 11.4 Å². The van der Waals surface area contributed by atoms with Crippen molar-refractivity contribution in [2.45, 2.75) is 16.4 Å². The second-order valence-electron chi connectivity index (χ2n) is 9.37. The van der Waals surface area contributed by atoms with Gasteiger partial charge in [-0.15, -0.1) is 0 Å². The molecule has 6 rings (SSSR count). The zero-order chi connectivity index (χ0) is 27.3. The highest BCUT2D eigenvalue weighted by Crippen LogP contribution is 2.44. The molecule has 196 valence electrons. The smallest absolute Gasteiger partial charge is 0.269 e. The zero-order valence-electron chi connectivity index (χ0n) is 21.7. The van der Waals surface area contributed by atoms with Crippen molar-refractivity contribution in [3.05, 3.63) is 145 Å². The Balaban J connectivity index is 1.00. The third-order valence-corrected chi connectivity index (χ3v) is 7.77. The molecule has 3 N–H and O–H groups in total. The molecule has 1 heterocycles. The van der Waals surface area contributed by atoms with Crippen LogP contribution in [0.1, 0.15) is 21.5 Å². The van der Waals surface area contributed by atoms with E-state index in [-0.39, 0.29) is 5.91 Å². The average Bonchev–Trinajstić information content (AvgIpc) is 3.02. The maximum absolute atomic E-state index is 12.7. The third-order valence-electron chi connectivity index (χ3n) is 6.61. The average molecular weight is 542 g/mol. The minimum atomic E-state index is -0.245. The predicted molar refractivity (Wildman–Crippen MR) is 163 cm³/mol. The molecule has 0 aromatic heterocycles. The zero-order valence-corrected chi connectivity index (χ0v) is 22.5. The van der Waals surface area contributed by atoms with E-state index in [2.05, 4.69) is 65.2 Å². The lowest BCUT2D eigenvalue weighted by Gasteiger charge is -2.22. The minimum Gasteiger partial charge on any atom is -0.489 e. The topological polar surface area (TPSA) is 62.4 Å². The Morgan fingerprint density at radius 2 is 1.38 bits per heavy atom. The highest BCUT2D eigenvalue weighted by atomic mass is 32.2. The molecule has 1 amide bonds. The largest absolute Gasteiger partial charge is 0.489 e. The van der Waals surface area contributed by atoms with Gasteiger partial charge in [0, 0.05) is 20.9 Å². The van der Waals surface area contributed by atoms with E-state index in [9.17, 15) is 4.79 Å². The normalized spacial score (nSPS) is 11.4. The van der Waals surface area contributed by atoms with Crippen molar-refractivity contribution in [1.29, 1.82) is 0 Å². The summed E-state index contributed by atoms with van der Waals surface area (Å²) in [5.74, 6) is 0.551. The monoisotopic (exact) mass is 541 g/mol. The summed E-state index contributed by atoms with van der Waals surface area (Å²) in [4.78, 5) is 15.1. The van der Waals surface area contributed by atoms with Crippen molar-refractivity contribution in [3.8, 4) is 16.9 Å². The fraction of sp³-hybridized carbons (Fsp3) is 0.0294. The predicted octanol–water partition coefficient (Wildman–Crippen LogP) is 8.05. The van der Waals surface area contributed by atoms with Gasteiger partial charge >= 0.3 is 0 Å². The second-order valence-corrected chi connectivity index (χ2v) is 10.5. The van der Waals surface area contributed by atoms with E-state index in [4.69, 9.17) is 4.74 Å². The summed E-state index contributed by atoms with van der Waals surface area (Å²) < 4.78 is 5.94. The Bertz CT molecular complexity index is 1670. The molecule has 0 aliphatic carbocycles. The molecule has 0 bridgehead atoms. The number of benzene rings is 5. The third kappa shape index (κ3) is 5.72. The van der Waals surface area contributed by atoms with E-state index >= 15 is 0 Å². The number of hydrogen-bond donors (Lipinski definition) is 3. The van der Waals surface area contributed by atoms with Gasteiger partial charge in [0.1, 0.15) is 12.4 Å². The lowest BCUT2D eigenvalue weighted by molar-refractivity contribution is 0.0942. The summed E-state index contributed by atoms with van der Waals surface area (Å²) >= 11 is 1.73. The Morgan fingerprint density at radius 3 is 2.17 bits per heavy atom. The van der Waals surface area contributed by atoms with E-state index < -0.39 is 0 Å². The van der Waals surface area contributed by atoms with Crippen molar-refractivity contribution in [2.75, 3.05) is 5.32 Å². The first-order chi connectivity index (χ1) is 19.6. The van der Waals surface area contributed by atoms with Gasteiger partial charge in [-0.3, -0.25) is 15.6 Å². The van der Waals surface area contributed by atoms with Crippen molar-refractivity contribution >= 4 is 34.7 Å². The Hall–Kier alpha value is -4.94. The van der Waals surface area contributed by atoms with E-state index in [0.717, 1.165) is 38.7 Å². The number of fused-ring (bicyclic) bond motifs is 2. The van der Waals surface area contributed by atoms with Crippen LogP contribution in [0.5, 0.6) is 5.75 Å². The number of hydrazine groups is 1. The summed E-state index contributed by atoms with van der Waals surface area (Å²) in [5, 5.41) is 3.47. The molecular formula is C34H27N3O2S. The molecule has 0 spiro atoms. The van der Waals surface area contributed by atoms with Crippen molar-refractivity contribution < 1.29 is 9.53 Å². The van der Waals surface area contributed by atoms with Crippen LogP contribution in [-0.4, -0.2) is 5.91 Å². The Morgan fingerprint density at radius 1 is 0.700 bits per heavy atom. The van der Waals surface area contributed by atoms with Crippen LogP contribution in [0.2, 0.25) is 0 Å². The number of anilines is 2. The van der Waals surface area contributed by atoms with Gasteiger partial charge in [-0.2, -0.15) is 0 Å². The highest BCUT2D eigenvalue weighted by molar-refractivity contribution is 7.99. The lowest BCUT2D eigenvalue weighted by Crippen LogP contribution is -2.35. The first-order valence-electron chi connectivity index (χ1n) is 12.9. The van der Waals surface area contributed by atoms with Gasteiger partial charge in [0.15, 0.2) is 0 Å². The van der Waals surface area contributed by atoms with Gasteiger partial charge in [-0.25, -0.2) is 0 Å². The van der Waals surface area contributed by atoms with Crippen LogP contribution < -0.4 is 20.9 Å². The molecule has 0 saturated heterocycles. The van der Waals surface area contributed by atoms with Gasteiger partial charge in [0.05, 0.1) is 17.1 Å². The first kappa shape index (κ1) is 25.3. The van der Waals surface area contributed by atoms with Crippen LogP contribution in [-0.2, 0) is 6.61 Å². The van der Waals surface area contributed by atoms with Crippen LogP contribution in [0.25, 0.3) is 16.8 Å². The van der Waals surface area contributed by atoms with Gasteiger partial charge in [-0.1, -0.05) is 91.1 Å². The van der Waals surface area contributed by atoms with E-state index in [0.29, 0.717) is 17.9 Å². The fourth-order valence-corrected chi connectivity index (χ4v) is 5.37. The summed E-state index contributed by atoms with van der Waals surface area (Å²) in [6.45, 7) is 4.51. The molecule has 0 unspecified atom stereocenters. The maximum atomic E-state index is 12.7. The molecule has 0 radical (unpaired) electrons. The number of rotatable bonds is 8. The number of hydrogen-bond acceptors (Lipinski definition) is 5. The SMILES string of the molecule is C=C(NNC(=O)c1ccc(COc2ccc(-c3ccccc3)cc2)cc1)c1ccc2c(c1)Nc1ccccc1S2. The molecule has 0 fully saturated rings. The fourth-order valence-electron chi connectivity index (χ4n) is 4.40. The van der Waals surface area contributed by atoms with Crippen LogP contribution >= 0.6 is 11.8 Å². The Kier molecular flexibility index (Phi) is 7.24. The van der Waals surface area contributed by atoms with Crippen molar-refractivity contribution in [1.82, 2.24) is 10.9 Å². The maximum Gasteiger partial charge on any atom is 0.269 e. The van der Waals surface area contributed by atoms with Crippen molar-refractivity contribution in [2.24, 2.45) is 0 Å². The van der Waals surface area contributed by atoms with Crippen LogP contribution in [0.3, 0.4) is 0 Å². The molecule has 6 heteroatoms.